The van der Waals surface area contributed by atoms with Crippen molar-refractivity contribution in [3.8, 4) is 11.3 Å². The molecule has 0 saturated heterocycles. The zero-order chi connectivity index (χ0) is 25.7. The zero-order valence-electron chi connectivity index (χ0n) is 18.3. The highest BCUT2D eigenvalue weighted by molar-refractivity contribution is 6.30. The molecule has 0 spiro atoms. The second kappa shape index (κ2) is 10.8. The van der Waals surface area contributed by atoms with Gasteiger partial charge in [-0.25, -0.2) is 14.0 Å². The molecular formula is C21H20ClF4N3O5. The maximum Gasteiger partial charge on any atom is 0.491 e. The molecule has 8 nitrogen and oxygen atoms in total. The Hall–Kier alpha value is -3.28. The first kappa shape index (κ1) is 27.0. The van der Waals surface area contributed by atoms with Crippen molar-refractivity contribution in [2.24, 2.45) is 5.41 Å². The molecule has 1 aromatic carbocycles. The number of anilines is 1. The monoisotopic (exact) mass is 505 g/mol. The summed E-state index contributed by atoms with van der Waals surface area (Å²) in [4.78, 5) is 35.5. The fourth-order valence-electron chi connectivity index (χ4n) is 2.62. The van der Waals surface area contributed by atoms with Crippen LogP contribution in [0.4, 0.5) is 23.4 Å². The van der Waals surface area contributed by atoms with E-state index in [-0.39, 0.29) is 41.7 Å². The molecule has 1 N–H and O–H groups in total. The highest BCUT2D eigenvalue weighted by Crippen LogP contribution is 2.28. The van der Waals surface area contributed by atoms with Gasteiger partial charge in [0.2, 0.25) is 0 Å². The third kappa shape index (κ3) is 6.86. The quantitative estimate of drug-likeness (QED) is 0.316. The van der Waals surface area contributed by atoms with Crippen molar-refractivity contribution < 1.29 is 41.4 Å². The van der Waals surface area contributed by atoms with E-state index < -0.39 is 40.9 Å². The van der Waals surface area contributed by atoms with Gasteiger partial charge in [0, 0.05) is 17.1 Å². The average molecular weight is 506 g/mol. The number of benzene rings is 1. The van der Waals surface area contributed by atoms with Gasteiger partial charge in [0.15, 0.2) is 5.82 Å². The smallest absolute Gasteiger partial charge is 0.466 e. The number of nitrogens with one attached hydrogen (secondary N) is 1. The van der Waals surface area contributed by atoms with Crippen LogP contribution in [0.5, 0.6) is 0 Å². The number of esters is 3. The second-order valence-electron chi connectivity index (χ2n) is 7.57. The fraction of sp³-hybridized carbons (Fsp3) is 0.381. The molecule has 0 unspecified atom stereocenters. The van der Waals surface area contributed by atoms with E-state index in [2.05, 4.69) is 20.3 Å². The molecule has 34 heavy (non-hydrogen) atoms. The fourth-order valence-corrected chi connectivity index (χ4v) is 2.79. The summed E-state index contributed by atoms with van der Waals surface area (Å²) >= 11 is 5.85. The van der Waals surface area contributed by atoms with Gasteiger partial charge in [0.05, 0.1) is 17.7 Å². The molecule has 0 fully saturated rings. The summed E-state index contributed by atoms with van der Waals surface area (Å²) < 4.78 is 60.8. The Morgan fingerprint density at radius 1 is 1.09 bits per heavy atom. The Morgan fingerprint density at radius 2 is 1.76 bits per heavy atom. The van der Waals surface area contributed by atoms with Gasteiger partial charge in [0.25, 0.3) is 0 Å². The van der Waals surface area contributed by atoms with Crippen LogP contribution in [0.25, 0.3) is 11.3 Å². The molecule has 184 valence electrons. The lowest BCUT2D eigenvalue weighted by molar-refractivity contribution is -0.193. The van der Waals surface area contributed by atoms with Crippen LogP contribution in [0.2, 0.25) is 5.02 Å². The van der Waals surface area contributed by atoms with Gasteiger partial charge >= 0.3 is 24.1 Å². The first-order chi connectivity index (χ1) is 15.8. The van der Waals surface area contributed by atoms with E-state index in [1.165, 1.54) is 12.1 Å². The van der Waals surface area contributed by atoms with Crippen LogP contribution >= 0.6 is 11.6 Å². The van der Waals surface area contributed by atoms with E-state index in [9.17, 15) is 31.9 Å². The first-order valence-corrected chi connectivity index (χ1v) is 10.2. The number of hydrogen-bond donors (Lipinski definition) is 1. The number of aromatic nitrogens is 2. The van der Waals surface area contributed by atoms with E-state index >= 15 is 0 Å². The lowest BCUT2D eigenvalue weighted by Gasteiger charge is -2.22. The summed E-state index contributed by atoms with van der Waals surface area (Å²) in [5.74, 6) is -6.04. The van der Waals surface area contributed by atoms with Crippen LogP contribution in [-0.4, -0.2) is 47.4 Å². The Labute approximate surface area is 196 Å². The average Bonchev–Trinajstić information content (AvgIpc) is 2.75. The van der Waals surface area contributed by atoms with Crippen molar-refractivity contribution in [1.82, 2.24) is 10.2 Å². The standard InChI is InChI=1S/C21H20ClF4N3O5/c1-4-33-18(31)20(2,3)7-8-27-16-13(17(30)34-19(32)21(24,25)26)10-15(28-29-16)12-9-11(22)5-6-14(12)23/h5-6,9-10H,4,7-8H2,1-3H3,(H,27,29). The van der Waals surface area contributed by atoms with Gasteiger partial charge in [-0.1, -0.05) is 11.6 Å². The topological polar surface area (TPSA) is 107 Å². The number of rotatable bonds is 8. The van der Waals surface area contributed by atoms with Crippen LogP contribution in [0.15, 0.2) is 24.3 Å². The van der Waals surface area contributed by atoms with Gasteiger partial charge in [-0.3, -0.25) is 4.79 Å². The number of halogens is 5. The van der Waals surface area contributed by atoms with Crippen LogP contribution in [-0.2, 0) is 19.1 Å². The highest BCUT2D eigenvalue weighted by Gasteiger charge is 2.43. The normalized spacial score (nSPS) is 11.6. The summed E-state index contributed by atoms with van der Waals surface area (Å²) in [6, 6.07) is 4.36. The third-order valence-electron chi connectivity index (χ3n) is 4.51. The largest absolute Gasteiger partial charge is 0.491 e. The Bertz CT molecular complexity index is 1090. The maximum absolute atomic E-state index is 14.2. The molecule has 0 amide bonds. The van der Waals surface area contributed by atoms with E-state index in [1.54, 1.807) is 20.8 Å². The highest BCUT2D eigenvalue weighted by atomic mass is 35.5. The molecule has 1 heterocycles. The number of ether oxygens (including phenoxy) is 2. The molecule has 13 heteroatoms. The summed E-state index contributed by atoms with van der Waals surface area (Å²) in [5.41, 5.74) is -1.99. The van der Waals surface area contributed by atoms with Gasteiger partial charge in [-0.15, -0.1) is 10.2 Å². The Morgan fingerprint density at radius 3 is 2.38 bits per heavy atom. The van der Waals surface area contributed by atoms with Crippen molar-refractivity contribution >= 4 is 35.3 Å². The summed E-state index contributed by atoms with van der Waals surface area (Å²) in [7, 11) is 0. The Kier molecular flexibility index (Phi) is 8.54. The first-order valence-electron chi connectivity index (χ1n) is 9.84. The third-order valence-corrected chi connectivity index (χ3v) is 4.74. The van der Waals surface area contributed by atoms with Crippen LogP contribution < -0.4 is 5.32 Å². The molecule has 2 rings (SSSR count). The molecule has 0 atom stereocenters. The van der Waals surface area contributed by atoms with Crippen LogP contribution in [0, 0.1) is 11.2 Å². The summed E-state index contributed by atoms with van der Waals surface area (Å²) in [6.07, 6.45) is -5.25. The number of alkyl halides is 3. The van der Waals surface area contributed by atoms with E-state index in [0.717, 1.165) is 12.1 Å². The minimum Gasteiger partial charge on any atom is -0.466 e. The van der Waals surface area contributed by atoms with E-state index in [4.69, 9.17) is 16.3 Å². The molecule has 0 aliphatic heterocycles. The number of carbonyl (C=O) groups is 3. The Balaban J connectivity index is 2.37. The molecule has 0 radical (unpaired) electrons. The van der Waals surface area contributed by atoms with Gasteiger partial charge < -0.3 is 14.8 Å². The van der Waals surface area contributed by atoms with Crippen molar-refractivity contribution in [2.45, 2.75) is 33.4 Å². The minimum atomic E-state index is -5.42. The summed E-state index contributed by atoms with van der Waals surface area (Å²) in [6.45, 7) is 5.05. The van der Waals surface area contributed by atoms with Crippen LogP contribution in [0.1, 0.15) is 37.6 Å². The molecule has 1 aromatic heterocycles. The van der Waals surface area contributed by atoms with E-state index in [0.29, 0.717) is 0 Å². The summed E-state index contributed by atoms with van der Waals surface area (Å²) in [5, 5.41) is 10.3. The maximum atomic E-state index is 14.2. The second-order valence-corrected chi connectivity index (χ2v) is 8.01. The molecule has 0 aliphatic carbocycles. The van der Waals surface area contributed by atoms with Gasteiger partial charge in [-0.2, -0.15) is 13.2 Å². The number of nitrogens with zero attached hydrogens (tertiary/aromatic N) is 2. The van der Waals surface area contributed by atoms with E-state index in [1.807, 2.05) is 0 Å². The molecular weight excluding hydrogens is 486 g/mol. The van der Waals surface area contributed by atoms with Crippen molar-refractivity contribution in [3.05, 3.63) is 40.7 Å². The molecule has 0 saturated carbocycles. The molecule has 0 bridgehead atoms. The minimum absolute atomic E-state index is 0.0128. The SMILES string of the molecule is CCOC(=O)C(C)(C)CCNc1nnc(-c2cc(Cl)ccc2F)cc1C(=O)OC(=O)C(F)(F)F. The van der Waals surface area contributed by atoms with Gasteiger partial charge in [0.1, 0.15) is 11.4 Å². The predicted octanol–water partition coefficient (Wildman–Crippen LogP) is 4.57. The van der Waals surface area contributed by atoms with Crippen molar-refractivity contribution in [3.63, 3.8) is 0 Å². The van der Waals surface area contributed by atoms with Crippen molar-refractivity contribution in [2.75, 3.05) is 18.5 Å². The lowest BCUT2D eigenvalue weighted by atomic mass is 9.89. The van der Waals surface area contributed by atoms with Gasteiger partial charge in [-0.05, 0) is 51.5 Å². The lowest BCUT2D eigenvalue weighted by Crippen LogP contribution is -2.30. The molecule has 2 aromatic rings. The number of hydrogen-bond acceptors (Lipinski definition) is 8. The predicted molar refractivity (Wildman–Crippen MR) is 112 cm³/mol. The number of carbonyl (C=O) groups excluding carboxylic acids is 3. The zero-order valence-corrected chi connectivity index (χ0v) is 19.0. The van der Waals surface area contributed by atoms with Crippen molar-refractivity contribution in [1.29, 1.82) is 0 Å². The van der Waals surface area contributed by atoms with Crippen LogP contribution in [0.3, 0.4) is 0 Å². The molecule has 0 aliphatic rings.